The molecule has 1 N–H and O–H groups in total. The minimum Gasteiger partial charge on any atom is -0.493 e. The Kier molecular flexibility index (Phi) is 9.48. The van der Waals surface area contributed by atoms with Crippen LogP contribution < -0.4 is 28.4 Å². The Bertz CT molecular complexity index is 1530. The third-order valence-electron chi connectivity index (χ3n) is 7.99. The highest BCUT2D eigenvalue weighted by atomic mass is 16.6. The zero-order valence-corrected chi connectivity index (χ0v) is 26.3. The maximum Gasteiger partial charge on any atom is 0.338 e. The van der Waals surface area contributed by atoms with E-state index in [1.807, 2.05) is 0 Å². The lowest BCUT2D eigenvalue weighted by atomic mass is 9.71. The van der Waals surface area contributed by atoms with Crippen molar-refractivity contribution in [1.82, 2.24) is 0 Å². The summed E-state index contributed by atoms with van der Waals surface area (Å²) in [7, 11) is 8.74. The highest BCUT2D eigenvalue weighted by molar-refractivity contribution is 5.92. The number of fused-ring (bicyclic) bond motifs is 3. The predicted octanol–water partition coefficient (Wildman–Crippen LogP) is 5.31. The van der Waals surface area contributed by atoms with Crippen molar-refractivity contribution in [2.24, 2.45) is 5.92 Å². The van der Waals surface area contributed by atoms with Crippen LogP contribution in [0.2, 0.25) is 0 Å². The van der Waals surface area contributed by atoms with Crippen molar-refractivity contribution in [3.63, 3.8) is 0 Å². The lowest BCUT2D eigenvalue weighted by Crippen LogP contribution is -2.46. The quantitative estimate of drug-likeness (QED) is 0.317. The van der Waals surface area contributed by atoms with Gasteiger partial charge in [-0.15, -0.1) is 0 Å². The second-order valence-electron chi connectivity index (χ2n) is 10.4. The van der Waals surface area contributed by atoms with Crippen LogP contribution in [0.3, 0.4) is 0 Å². The van der Waals surface area contributed by atoms with Gasteiger partial charge in [0.25, 0.3) is 0 Å². The van der Waals surface area contributed by atoms with Gasteiger partial charge in [-0.05, 0) is 31.2 Å². The van der Waals surface area contributed by atoms with E-state index in [1.165, 1.54) is 56.5 Å². The van der Waals surface area contributed by atoms with Crippen LogP contribution in [0.5, 0.6) is 34.5 Å². The minimum atomic E-state index is -1.85. The Morgan fingerprint density at radius 3 is 1.64 bits per heavy atom. The molecule has 0 saturated heterocycles. The van der Waals surface area contributed by atoms with E-state index in [2.05, 4.69) is 0 Å². The molecule has 0 bridgehead atoms. The van der Waals surface area contributed by atoms with Gasteiger partial charge in [0.15, 0.2) is 29.1 Å². The number of methoxy groups -OCH3 is 6. The second kappa shape index (κ2) is 12.9. The molecule has 0 amide bonds. The van der Waals surface area contributed by atoms with Gasteiger partial charge in [0.05, 0.1) is 48.2 Å². The lowest BCUT2D eigenvalue weighted by molar-refractivity contribution is -0.166. The number of esters is 2. The van der Waals surface area contributed by atoms with Crippen molar-refractivity contribution in [2.45, 2.75) is 38.6 Å². The van der Waals surface area contributed by atoms with Crippen molar-refractivity contribution < 1.29 is 52.6 Å². The first-order valence-electron chi connectivity index (χ1n) is 13.8. The largest absolute Gasteiger partial charge is 0.493 e. The minimum absolute atomic E-state index is 0.182. The molecule has 0 aromatic heterocycles. The summed E-state index contributed by atoms with van der Waals surface area (Å²) in [5.41, 5.74) is -0.133. The normalized spacial score (nSPS) is 20.5. The molecule has 11 nitrogen and oxygen atoms in total. The van der Waals surface area contributed by atoms with Crippen molar-refractivity contribution >= 4 is 11.9 Å². The number of ether oxygens (including phenoxy) is 8. The van der Waals surface area contributed by atoms with Crippen molar-refractivity contribution in [3.05, 3.63) is 59.2 Å². The SMILES string of the molecule is COc1cc2c(c(OC)c1OC)-c1c(cc(OC)c(OC)c1OC)C(OC(=O)c1ccccc1)[C@@](C)(O)C(C)C2OC(C)=O. The number of aliphatic hydroxyl groups is 1. The number of rotatable bonds is 9. The highest BCUT2D eigenvalue weighted by Gasteiger charge is 2.51. The average Bonchev–Trinajstić information content (AvgIpc) is 3.03. The molecule has 0 spiro atoms. The summed E-state index contributed by atoms with van der Waals surface area (Å²) in [6.45, 7) is 4.49. The molecular weight excluding hydrogens is 572 g/mol. The standard InChI is InChI=1S/C33H38O11/c1-17-26(43-18(2)34)20-15-22(37-4)27(39-6)29(41-8)24(20)25-21(16-23(38-5)28(40-7)30(25)42-9)31(33(17,3)36)44-32(35)19-13-11-10-12-14-19/h10-17,26,31,36H,1-9H3/t17?,26?,31?,33-/m0/s1. The first-order valence-corrected chi connectivity index (χ1v) is 13.8. The van der Waals surface area contributed by atoms with Crippen molar-refractivity contribution in [2.75, 3.05) is 42.7 Å². The van der Waals surface area contributed by atoms with Gasteiger partial charge < -0.3 is 43.0 Å². The summed E-state index contributed by atoms with van der Waals surface area (Å²) >= 11 is 0. The van der Waals surface area contributed by atoms with Gasteiger partial charge in [-0.1, -0.05) is 25.1 Å². The molecule has 3 unspecified atom stereocenters. The maximum atomic E-state index is 13.6. The fourth-order valence-electron chi connectivity index (χ4n) is 5.70. The summed E-state index contributed by atoms with van der Waals surface area (Å²) in [5.74, 6) is -0.742. The van der Waals surface area contributed by atoms with Gasteiger partial charge >= 0.3 is 11.9 Å². The number of carbonyl (C=O) groups excluding carboxylic acids is 2. The van der Waals surface area contributed by atoms with Gasteiger partial charge in [0.1, 0.15) is 11.7 Å². The molecule has 4 rings (SSSR count). The Hall–Kier alpha value is -4.64. The molecule has 0 heterocycles. The fraction of sp³-hybridized carbons (Fsp3) is 0.394. The van der Waals surface area contributed by atoms with Crippen LogP contribution in [0.25, 0.3) is 11.1 Å². The monoisotopic (exact) mass is 610 g/mol. The lowest BCUT2D eigenvalue weighted by Gasteiger charge is -2.44. The van der Waals surface area contributed by atoms with E-state index >= 15 is 0 Å². The molecule has 3 aromatic rings. The smallest absolute Gasteiger partial charge is 0.338 e. The summed E-state index contributed by atoms with van der Waals surface area (Å²) < 4.78 is 46.8. The van der Waals surface area contributed by atoms with Crippen LogP contribution in [0.1, 0.15) is 54.5 Å². The molecular formula is C33H38O11. The number of hydrogen-bond donors (Lipinski definition) is 1. The van der Waals surface area contributed by atoms with Crippen LogP contribution in [0.4, 0.5) is 0 Å². The van der Waals surface area contributed by atoms with E-state index < -0.39 is 35.7 Å². The van der Waals surface area contributed by atoms with E-state index in [-0.39, 0.29) is 34.3 Å². The number of benzene rings is 3. The zero-order valence-electron chi connectivity index (χ0n) is 26.3. The molecule has 0 radical (unpaired) electrons. The Morgan fingerprint density at radius 1 is 0.705 bits per heavy atom. The summed E-state index contributed by atoms with van der Waals surface area (Å²) in [6.07, 6.45) is -2.44. The molecule has 236 valence electrons. The Balaban J connectivity index is 2.25. The van der Waals surface area contributed by atoms with Crippen LogP contribution in [0.15, 0.2) is 42.5 Å². The van der Waals surface area contributed by atoms with Crippen LogP contribution >= 0.6 is 0 Å². The van der Waals surface area contributed by atoms with E-state index in [9.17, 15) is 14.7 Å². The first-order chi connectivity index (χ1) is 21.0. The van der Waals surface area contributed by atoms with Crippen LogP contribution in [-0.2, 0) is 14.3 Å². The molecule has 3 aromatic carbocycles. The van der Waals surface area contributed by atoms with E-state index in [0.717, 1.165) is 0 Å². The third-order valence-corrected chi connectivity index (χ3v) is 7.99. The summed E-state index contributed by atoms with van der Waals surface area (Å²) in [4.78, 5) is 26.2. The van der Waals surface area contributed by atoms with Gasteiger partial charge in [-0.3, -0.25) is 4.79 Å². The average molecular weight is 611 g/mol. The highest BCUT2D eigenvalue weighted by Crippen LogP contribution is 2.60. The molecule has 4 atom stereocenters. The van der Waals surface area contributed by atoms with Gasteiger partial charge in [-0.25, -0.2) is 4.79 Å². The Labute approximate surface area is 256 Å². The van der Waals surface area contributed by atoms with Crippen LogP contribution in [0, 0.1) is 5.92 Å². The van der Waals surface area contributed by atoms with Gasteiger partial charge in [-0.2, -0.15) is 0 Å². The zero-order chi connectivity index (χ0) is 32.3. The molecule has 0 aliphatic heterocycles. The van der Waals surface area contributed by atoms with E-state index in [4.69, 9.17) is 37.9 Å². The maximum absolute atomic E-state index is 13.6. The number of hydrogen-bond acceptors (Lipinski definition) is 11. The molecule has 44 heavy (non-hydrogen) atoms. The second-order valence-corrected chi connectivity index (χ2v) is 10.4. The predicted molar refractivity (Wildman–Crippen MR) is 160 cm³/mol. The third kappa shape index (κ3) is 5.43. The van der Waals surface area contributed by atoms with Gasteiger partial charge in [0, 0.05) is 35.1 Å². The summed E-state index contributed by atoms with van der Waals surface area (Å²) in [5, 5.41) is 12.4. The molecule has 0 saturated carbocycles. The molecule has 1 aliphatic carbocycles. The van der Waals surface area contributed by atoms with E-state index in [0.29, 0.717) is 28.0 Å². The molecule has 11 heteroatoms. The van der Waals surface area contributed by atoms with E-state index in [1.54, 1.807) is 49.4 Å². The molecule has 1 aliphatic rings. The van der Waals surface area contributed by atoms with Crippen molar-refractivity contribution in [1.29, 1.82) is 0 Å². The Morgan fingerprint density at radius 2 is 1.18 bits per heavy atom. The topological polar surface area (TPSA) is 128 Å². The first kappa shape index (κ1) is 32.3. The van der Waals surface area contributed by atoms with Crippen LogP contribution in [-0.4, -0.2) is 65.3 Å². The summed E-state index contributed by atoms with van der Waals surface area (Å²) in [6, 6.07) is 11.7. The number of carbonyl (C=O) groups is 2. The van der Waals surface area contributed by atoms with Gasteiger partial charge in [0.2, 0.25) is 11.5 Å². The fourth-order valence-corrected chi connectivity index (χ4v) is 5.70. The van der Waals surface area contributed by atoms with Crippen molar-refractivity contribution in [3.8, 4) is 45.6 Å². The molecule has 0 fully saturated rings.